The van der Waals surface area contributed by atoms with Crippen molar-refractivity contribution in [2.75, 3.05) is 6.54 Å². The monoisotopic (exact) mass is 213 g/mol. The number of benzene rings is 1. The average Bonchev–Trinajstić information content (AvgIpc) is 2.15. The Kier molecular flexibility index (Phi) is 3.27. The van der Waals surface area contributed by atoms with Crippen LogP contribution in [0.3, 0.4) is 0 Å². The molecule has 1 aromatic carbocycles. The predicted molar refractivity (Wildman–Crippen MR) is 53.5 cm³/mol. The summed E-state index contributed by atoms with van der Waals surface area (Å²) >= 11 is 0. The standard InChI is InChI=1S/C9H11NO3S/c1-2-7-10-14(12,13)9-6-4-3-5-8(9)11/h2-6,10-11H,1,7H2. The molecule has 0 unspecified atom stereocenters. The molecule has 4 nitrogen and oxygen atoms in total. The maximum atomic E-state index is 11.5. The van der Waals surface area contributed by atoms with Gasteiger partial charge in [-0.2, -0.15) is 0 Å². The number of aromatic hydroxyl groups is 1. The van der Waals surface area contributed by atoms with Gasteiger partial charge in [-0.3, -0.25) is 0 Å². The van der Waals surface area contributed by atoms with Gasteiger partial charge in [0.25, 0.3) is 0 Å². The maximum Gasteiger partial charge on any atom is 0.244 e. The Hall–Kier alpha value is -1.33. The van der Waals surface area contributed by atoms with Gasteiger partial charge in [-0.15, -0.1) is 6.58 Å². The highest BCUT2D eigenvalue weighted by Crippen LogP contribution is 2.20. The highest BCUT2D eigenvalue weighted by atomic mass is 32.2. The summed E-state index contributed by atoms with van der Waals surface area (Å²) in [6, 6.07) is 5.76. The van der Waals surface area contributed by atoms with Gasteiger partial charge in [-0.1, -0.05) is 18.2 Å². The zero-order chi connectivity index (χ0) is 10.6. The molecule has 2 N–H and O–H groups in total. The highest BCUT2D eigenvalue weighted by molar-refractivity contribution is 7.89. The molecule has 0 saturated carbocycles. The van der Waals surface area contributed by atoms with Crippen LogP contribution in [0.2, 0.25) is 0 Å². The topological polar surface area (TPSA) is 66.4 Å². The van der Waals surface area contributed by atoms with E-state index in [0.29, 0.717) is 0 Å². The first kappa shape index (κ1) is 10.7. The van der Waals surface area contributed by atoms with E-state index in [1.54, 1.807) is 12.1 Å². The number of sulfonamides is 1. The molecule has 0 amide bonds. The summed E-state index contributed by atoms with van der Waals surface area (Å²) in [7, 11) is -3.62. The molecule has 1 rings (SSSR count). The molecule has 76 valence electrons. The van der Waals surface area contributed by atoms with Crippen molar-refractivity contribution in [1.82, 2.24) is 4.72 Å². The zero-order valence-corrected chi connectivity index (χ0v) is 8.29. The lowest BCUT2D eigenvalue weighted by atomic mass is 10.3. The minimum absolute atomic E-state index is 0.123. The van der Waals surface area contributed by atoms with E-state index in [0.717, 1.165) is 0 Å². The van der Waals surface area contributed by atoms with Crippen molar-refractivity contribution in [2.45, 2.75) is 4.90 Å². The third-order valence-electron chi connectivity index (χ3n) is 1.57. The minimum atomic E-state index is -3.62. The van der Waals surface area contributed by atoms with Gasteiger partial charge in [0.05, 0.1) is 0 Å². The normalized spacial score (nSPS) is 11.1. The van der Waals surface area contributed by atoms with Crippen LogP contribution in [0.25, 0.3) is 0 Å². The molecule has 0 radical (unpaired) electrons. The molecular weight excluding hydrogens is 202 g/mol. The summed E-state index contributed by atoms with van der Waals surface area (Å²) in [6.45, 7) is 3.53. The van der Waals surface area contributed by atoms with Crippen molar-refractivity contribution in [2.24, 2.45) is 0 Å². The molecule has 5 heteroatoms. The third-order valence-corrected chi connectivity index (χ3v) is 3.04. The predicted octanol–water partition coefficient (Wildman–Crippen LogP) is 0.857. The van der Waals surface area contributed by atoms with Crippen LogP contribution in [-0.4, -0.2) is 20.1 Å². The van der Waals surface area contributed by atoms with Gasteiger partial charge in [0.2, 0.25) is 10.0 Å². The lowest BCUT2D eigenvalue weighted by Gasteiger charge is -2.05. The largest absolute Gasteiger partial charge is 0.507 e. The highest BCUT2D eigenvalue weighted by Gasteiger charge is 2.16. The van der Waals surface area contributed by atoms with Gasteiger partial charge in [-0.05, 0) is 12.1 Å². The van der Waals surface area contributed by atoms with E-state index in [4.69, 9.17) is 0 Å². The molecular formula is C9H11NO3S. The van der Waals surface area contributed by atoms with Crippen LogP contribution < -0.4 is 4.72 Å². The summed E-state index contributed by atoms with van der Waals surface area (Å²) in [5.74, 6) is -0.260. The molecule has 1 aromatic rings. The lowest BCUT2D eigenvalue weighted by molar-refractivity contribution is 0.458. The maximum absolute atomic E-state index is 11.5. The van der Waals surface area contributed by atoms with Crippen molar-refractivity contribution in [1.29, 1.82) is 0 Å². The number of nitrogens with one attached hydrogen (secondary N) is 1. The van der Waals surface area contributed by atoms with Crippen molar-refractivity contribution in [3.05, 3.63) is 36.9 Å². The second-order valence-electron chi connectivity index (χ2n) is 2.61. The Labute approximate surface area is 82.9 Å². The number of rotatable bonds is 4. The summed E-state index contributed by atoms with van der Waals surface area (Å²) in [4.78, 5) is -0.123. The summed E-state index contributed by atoms with van der Waals surface area (Å²) in [5, 5.41) is 9.30. The van der Waals surface area contributed by atoms with E-state index in [-0.39, 0.29) is 17.2 Å². The van der Waals surface area contributed by atoms with Crippen LogP contribution >= 0.6 is 0 Å². The zero-order valence-electron chi connectivity index (χ0n) is 7.47. The van der Waals surface area contributed by atoms with E-state index in [1.807, 2.05) is 0 Å². The molecule has 0 atom stereocenters. The lowest BCUT2D eigenvalue weighted by Crippen LogP contribution is -2.23. The average molecular weight is 213 g/mol. The van der Waals surface area contributed by atoms with E-state index in [1.165, 1.54) is 18.2 Å². The van der Waals surface area contributed by atoms with Gasteiger partial charge in [-0.25, -0.2) is 13.1 Å². The van der Waals surface area contributed by atoms with E-state index in [9.17, 15) is 13.5 Å². The molecule has 0 fully saturated rings. The molecule has 0 aliphatic rings. The second kappa shape index (κ2) is 4.26. The Morgan fingerprint density at radius 1 is 1.43 bits per heavy atom. The number of hydrogen-bond donors (Lipinski definition) is 2. The number of para-hydroxylation sites is 1. The van der Waals surface area contributed by atoms with Crippen molar-refractivity contribution < 1.29 is 13.5 Å². The van der Waals surface area contributed by atoms with Crippen LogP contribution in [0.15, 0.2) is 41.8 Å². The van der Waals surface area contributed by atoms with E-state index < -0.39 is 10.0 Å². The molecule has 0 aliphatic heterocycles. The molecule has 0 aliphatic carbocycles. The molecule has 0 bridgehead atoms. The van der Waals surface area contributed by atoms with E-state index in [2.05, 4.69) is 11.3 Å². The molecule has 14 heavy (non-hydrogen) atoms. The van der Waals surface area contributed by atoms with E-state index >= 15 is 0 Å². The smallest absolute Gasteiger partial charge is 0.244 e. The second-order valence-corrected chi connectivity index (χ2v) is 4.34. The van der Waals surface area contributed by atoms with Crippen LogP contribution in [0, 0.1) is 0 Å². The third kappa shape index (κ3) is 2.34. The Morgan fingerprint density at radius 2 is 2.07 bits per heavy atom. The van der Waals surface area contributed by atoms with Crippen molar-refractivity contribution in [3.63, 3.8) is 0 Å². The van der Waals surface area contributed by atoms with Crippen molar-refractivity contribution >= 4 is 10.0 Å². The van der Waals surface area contributed by atoms with Crippen LogP contribution in [-0.2, 0) is 10.0 Å². The van der Waals surface area contributed by atoms with Gasteiger partial charge in [0, 0.05) is 6.54 Å². The number of phenols is 1. The number of phenolic OH excluding ortho intramolecular Hbond substituents is 1. The Balaban J connectivity index is 3.04. The van der Waals surface area contributed by atoms with Gasteiger partial charge < -0.3 is 5.11 Å². The van der Waals surface area contributed by atoms with Crippen LogP contribution in [0.4, 0.5) is 0 Å². The van der Waals surface area contributed by atoms with Gasteiger partial charge in [0.1, 0.15) is 10.6 Å². The Bertz CT molecular complexity index is 425. The fourth-order valence-corrected chi connectivity index (χ4v) is 2.02. The van der Waals surface area contributed by atoms with Crippen molar-refractivity contribution in [3.8, 4) is 5.75 Å². The molecule has 0 saturated heterocycles. The first-order chi connectivity index (χ1) is 6.58. The van der Waals surface area contributed by atoms with Crippen LogP contribution in [0.5, 0.6) is 5.75 Å². The quantitative estimate of drug-likeness (QED) is 0.729. The molecule has 0 heterocycles. The van der Waals surface area contributed by atoms with Crippen LogP contribution in [0.1, 0.15) is 0 Å². The van der Waals surface area contributed by atoms with Gasteiger partial charge >= 0.3 is 0 Å². The fourth-order valence-electron chi connectivity index (χ4n) is 0.931. The minimum Gasteiger partial charge on any atom is -0.507 e. The number of hydrogen-bond acceptors (Lipinski definition) is 3. The summed E-state index contributed by atoms with van der Waals surface area (Å²) in [6.07, 6.45) is 1.43. The molecule has 0 aromatic heterocycles. The molecule has 0 spiro atoms. The first-order valence-electron chi connectivity index (χ1n) is 3.96. The van der Waals surface area contributed by atoms with Gasteiger partial charge in [0.15, 0.2) is 0 Å². The SMILES string of the molecule is C=CCNS(=O)(=O)c1ccccc1O. The summed E-state index contributed by atoms with van der Waals surface area (Å²) < 4.78 is 25.2. The fraction of sp³-hybridized carbons (Fsp3) is 0.111. The Morgan fingerprint density at radius 3 is 2.64 bits per heavy atom. The summed E-state index contributed by atoms with van der Waals surface area (Å²) in [5.41, 5.74) is 0. The first-order valence-corrected chi connectivity index (χ1v) is 5.45.